The number of anilines is 1. The first-order chi connectivity index (χ1) is 12.7. The van der Waals surface area contributed by atoms with E-state index in [1.807, 2.05) is 17.0 Å². The van der Waals surface area contributed by atoms with Crippen molar-refractivity contribution in [3.8, 4) is 0 Å². The third-order valence-electron chi connectivity index (χ3n) is 4.12. The Balaban J connectivity index is 1.46. The van der Waals surface area contributed by atoms with E-state index in [0.717, 1.165) is 18.4 Å². The van der Waals surface area contributed by atoms with Gasteiger partial charge in [-0.1, -0.05) is 6.07 Å². The highest BCUT2D eigenvalue weighted by atomic mass is 32.1. The predicted octanol–water partition coefficient (Wildman–Crippen LogP) is 3.79. The molecule has 0 bridgehead atoms. The molecule has 4 rings (SSSR count). The molecule has 1 aliphatic rings. The number of rotatable bonds is 6. The van der Waals surface area contributed by atoms with Crippen LogP contribution in [0.15, 0.2) is 59.5 Å². The zero-order chi connectivity index (χ0) is 17.9. The zero-order valence-corrected chi connectivity index (χ0v) is 14.7. The van der Waals surface area contributed by atoms with Gasteiger partial charge in [0.25, 0.3) is 11.8 Å². The average molecular weight is 367 g/mol. The minimum atomic E-state index is -0.328. The van der Waals surface area contributed by atoms with Crippen molar-refractivity contribution in [2.45, 2.75) is 25.4 Å². The molecule has 0 aromatic carbocycles. The molecule has 2 amide bonds. The number of nitrogens with one attached hydrogen (secondary N) is 1. The second-order valence-corrected chi connectivity index (χ2v) is 7.20. The van der Waals surface area contributed by atoms with E-state index in [1.54, 1.807) is 36.7 Å². The molecule has 3 aromatic heterocycles. The molecule has 0 radical (unpaired) electrons. The largest absolute Gasteiger partial charge is 0.459 e. The van der Waals surface area contributed by atoms with E-state index >= 15 is 0 Å². The molecule has 3 aromatic rings. The van der Waals surface area contributed by atoms with Gasteiger partial charge in [0.2, 0.25) is 0 Å². The predicted molar refractivity (Wildman–Crippen MR) is 98.1 cm³/mol. The van der Waals surface area contributed by atoms with Crippen molar-refractivity contribution in [2.24, 2.45) is 0 Å². The molecule has 0 atom stereocenters. The van der Waals surface area contributed by atoms with Gasteiger partial charge in [0, 0.05) is 25.0 Å². The first-order valence-electron chi connectivity index (χ1n) is 8.35. The Hall–Kier alpha value is -2.93. The third kappa shape index (κ3) is 3.67. The quantitative estimate of drug-likeness (QED) is 0.719. The summed E-state index contributed by atoms with van der Waals surface area (Å²) in [6.07, 6.45) is 7.01. The van der Waals surface area contributed by atoms with Gasteiger partial charge in [-0.15, -0.1) is 11.3 Å². The summed E-state index contributed by atoms with van der Waals surface area (Å²) in [6.45, 7) is 0.545. The Morgan fingerprint density at radius 1 is 1.23 bits per heavy atom. The lowest BCUT2D eigenvalue weighted by molar-refractivity contribution is 0.0734. The Morgan fingerprint density at radius 3 is 2.81 bits per heavy atom. The zero-order valence-electron chi connectivity index (χ0n) is 13.9. The number of aromatic nitrogens is 1. The van der Waals surface area contributed by atoms with Crippen LogP contribution in [0.2, 0.25) is 0 Å². The second kappa shape index (κ2) is 7.13. The summed E-state index contributed by atoms with van der Waals surface area (Å²) in [5, 5.41) is 3.38. The molecule has 1 aliphatic carbocycles. The number of thiophene rings is 1. The second-order valence-electron chi connectivity index (χ2n) is 6.12. The minimum absolute atomic E-state index is 0.0140. The number of carbonyl (C=O) groups is 2. The van der Waals surface area contributed by atoms with Crippen molar-refractivity contribution in [2.75, 3.05) is 5.32 Å². The summed E-state index contributed by atoms with van der Waals surface area (Å²) < 4.78 is 5.08. The number of nitrogens with zero attached hydrogens (tertiary/aromatic N) is 2. The lowest BCUT2D eigenvalue weighted by atomic mass is 10.2. The number of amides is 2. The molecule has 0 saturated heterocycles. The third-order valence-corrected chi connectivity index (χ3v) is 5.11. The van der Waals surface area contributed by atoms with Crippen molar-refractivity contribution in [1.82, 2.24) is 9.88 Å². The number of hydrogen-bond donors (Lipinski definition) is 1. The molecular formula is C19H17N3O3S. The fourth-order valence-corrected chi connectivity index (χ4v) is 3.54. The molecule has 0 spiro atoms. The summed E-state index contributed by atoms with van der Waals surface area (Å²) in [5.74, 6) is -0.104. The first-order valence-corrected chi connectivity index (χ1v) is 9.17. The van der Waals surface area contributed by atoms with E-state index in [0.29, 0.717) is 16.4 Å². The van der Waals surface area contributed by atoms with Crippen LogP contribution >= 0.6 is 11.3 Å². The molecule has 6 nitrogen and oxygen atoms in total. The smallest absolute Gasteiger partial charge is 0.291 e. The van der Waals surface area contributed by atoms with Gasteiger partial charge in [0.1, 0.15) is 0 Å². The van der Waals surface area contributed by atoms with Crippen LogP contribution in [0.4, 0.5) is 5.00 Å². The summed E-state index contributed by atoms with van der Waals surface area (Å²) in [7, 11) is 0. The molecule has 0 unspecified atom stereocenters. The Kier molecular flexibility index (Phi) is 4.53. The molecule has 1 fully saturated rings. The van der Waals surface area contributed by atoms with E-state index in [2.05, 4.69) is 10.3 Å². The van der Waals surface area contributed by atoms with Crippen LogP contribution in [0, 0.1) is 0 Å². The maximum Gasteiger partial charge on any atom is 0.291 e. The fourth-order valence-electron chi connectivity index (χ4n) is 2.68. The lowest BCUT2D eigenvalue weighted by Crippen LogP contribution is -2.32. The maximum absolute atomic E-state index is 12.9. The van der Waals surface area contributed by atoms with Gasteiger partial charge < -0.3 is 14.6 Å². The van der Waals surface area contributed by atoms with Gasteiger partial charge >= 0.3 is 0 Å². The average Bonchev–Trinajstić information content (AvgIpc) is 3.15. The Bertz CT molecular complexity index is 901. The molecular weight excluding hydrogens is 350 g/mol. The van der Waals surface area contributed by atoms with Gasteiger partial charge in [0.05, 0.1) is 16.1 Å². The van der Waals surface area contributed by atoms with Crippen LogP contribution in [-0.2, 0) is 6.54 Å². The van der Waals surface area contributed by atoms with Crippen LogP contribution in [-0.4, -0.2) is 27.7 Å². The van der Waals surface area contributed by atoms with Crippen LogP contribution in [0.5, 0.6) is 0 Å². The summed E-state index contributed by atoms with van der Waals surface area (Å²) in [4.78, 5) is 31.6. The molecule has 0 aliphatic heterocycles. The lowest BCUT2D eigenvalue weighted by Gasteiger charge is -2.21. The van der Waals surface area contributed by atoms with E-state index in [-0.39, 0.29) is 23.6 Å². The van der Waals surface area contributed by atoms with Crippen molar-refractivity contribution < 1.29 is 14.0 Å². The molecule has 132 valence electrons. The van der Waals surface area contributed by atoms with E-state index in [1.165, 1.54) is 17.6 Å². The van der Waals surface area contributed by atoms with Gasteiger partial charge in [-0.05, 0) is 48.7 Å². The van der Waals surface area contributed by atoms with E-state index in [4.69, 9.17) is 4.42 Å². The van der Waals surface area contributed by atoms with Crippen molar-refractivity contribution >= 4 is 28.2 Å². The van der Waals surface area contributed by atoms with Gasteiger partial charge in [0.15, 0.2) is 5.76 Å². The normalized spacial score (nSPS) is 13.4. The van der Waals surface area contributed by atoms with Crippen LogP contribution in [0.25, 0.3) is 0 Å². The molecule has 7 heteroatoms. The van der Waals surface area contributed by atoms with Gasteiger partial charge in [-0.25, -0.2) is 0 Å². The highest BCUT2D eigenvalue weighted by molar-refractivity contribution is 7.18. The monoisotopic (exact) mass is 367 g/mol. The minimum Gasteiger partial charge on any atom is -0.459 e. The maximum atomic E-state index is 12.9. The SMILES string of the molecule is O=C(Nc1ccc(C(=O)N(Cc2cccnc2)C2CC2)s1)c1ccco1. The Morgan fingerprint density at radius 2 is 2.12 bits per heavy atom. The van der Waals surface area contributed by atoms with Crippen LogP contribution in [0.3, 0.4) is 0 Å². The van der Waals surface area contributed by atoms with Gasteiger partial charge in [-0.3, -0.25) is 14.6 Å². The standard InChI is InChI=1S/C19H17N3O3S/c23-18(15-4-2-10-25-15)21-17-8-7-16(26-17)19(24)22(14-5-6-14)12-13-3-1-9-20-11-13/h1-4,7-11,14H,5-6,12H2,(H,21,23). The number of hydrogen-bond acceptors (Lipinski definition) is 5. The van der Waals surface area contributed by atoms with Crippen molar-refractivity contribution in [1.29, 1.82) is 0 Å². The van der Waals surface area contributed by atoms with Crippen molar-refractivity contribution in [3.63, 3.8) is 0 Å². The fraction of sp³-hybridized carbons (Fsp3) is 0.211. The van der Waals surface area contributed by atoms with Crippen molar-refractivity contribution in [3.05, 3.63) is 71.3 Å². The summed E-state index contributed by atoms with van der Waals surface area (Å²) >= 11 is 1.27. The summed E-state index contributed by atoms with van der Waals surface area (Å²) in [6, 6.07) is 10.9. The van der Waals surface area contributed by atoms with E-state index in [9.17, 15) is 9.59 Å². The van der Waals surface area contributed by atoms with Crippen LogP contribution < -0.4 is 5.32 Å². The van der Waals surface area contributed by atoms with Crippen LogP contribution in [0.1, 0.15) is 38.6 Å². The summed E-state index contributed by atoms with van der Waals surface area (Å²) in [5.41, 5.74) is 1.01. The Labute approximate surface area is 154 Å². The highest BCUT2D eigenvalue weighted by Gasteiger charge is 2.33. The molecule has 1 saturated carbocycles. The number of furan rings is 1. The van der Waals surface area contributed by atoms with Gasteiger partial charge in [-0.2, -0.15) is 0 Å². The topological polar surface area (TPSA) is 75.4 Å². The number of pyridine rings is 1. The molecule has 26 heavy (non-hydrogen) atoms. The highest BCUT2D eigenvalue weighted by Crippen LogP contribution is 2.32. The molecule has 1 N–H and O–H groups in total. The first kappa shape index (κ1) is 16.5. The van der Waals surface area contributed by atoms with E-state index < -0.39 is 0 Å². The molecule has 3 heterocycles. The number of carbonyl (C=O) groups excluding carboxylic acids is 2.